The third kappa shape index (κ3) is 4.04. The van der Waals surface area contributed by atoms with Crippen LogP contribution >= 0.6 is 11.3 Å². The van der Waals surface area contributed by atoms with Crippen molar-refractivity contribution in [1.82, 2.24) is 4.98 Å². The number of nitrogens with one attached hydrogen (secondary N) is 1. The Bertz CT molecular complexity index is 1150. The average Bonchev–Trinajstić information content (AvgIpc) is 3.24. The van der Waals surface area contributed by atoms with Gasteiger partial charge in [-0.1, -0.05) is 35.9 Å². The number of hydrogen-bond acceptors (Lipinski definition) is 5. The van der Waals surface area contributed by atoms with Crippen LogP contribution in [-0.2, 0) is 27.7 Å². The van der Waals surface area contributed by atoms with Crippen LogP contribution in [0.15, 0.2) is 58.8 Å². The van der Waals surface area contributed by atoms with Gasteiger partial charge in [0.15, 0.2) is 5.13 Å². The Labute approximate surface area is 174 Å². The number of para-hydroxylation sites is 1. The van der Waals surface area contributed by atoms with Crippen molar-refractivity contribution in [1.29, 1.82) is 0 Å². The van der Waals surface area contributed by atoms with Crippen molar-refractivity contribution < 1.29 is 13.2 Å². The van der Waals surface area contributed by atoms with E-state index in [-0.39, 0.29) is 28.4 Å². The molecule has 6 nitrogen and oxygen atoms in total. The topological polar surface area (TPSA) is 79.4 Å². The summed E-state index contributed by atoms with van der Waals surface area (Å²) < 4.78 is 27.5. The quantitative estimate of drug-likeness (QED) is 0.672. The highest BCUT2D eigenvalue weighted by Gasteiger charge is 2.30. The number of amides is 1. The van der Waals surface area contributed by atoms with Gasteiger partial charge < -0.3 is 4.90 Å². The zero-order valence-electron chi connectivity index (χ0n) is 16.1. The maximum Gasteiger partial charge on any atom is 0.263 e. The van der Waals surface area contributed by atoms with Crippen molar-refractivity contribution in [2.24, 2.45) is 0 Å². The van der Waals surface area contributed by atoms with Crippen molar-refractivity contribution in [2.45, 2.75) is 37.6 Å². The fourth-order valence-electron chi connectivity index (χ4n) is 3.51. The van der Waals surface area contributed by atoms with Crippen LogP contribution < -0.4 is 9.62 Å². The number of rotatable bonds is 5. The number of benzene rings is 2. The summed E-state index contributed by atoms with van der Waals surface area (Å²) in [5, 5.41) is 1.97. The van der Waals surface area contributed by atoms with E-state index in [4.69, 9.17) is 0 Å². The second-order valence-electron chi connectivity index (χ2n) is 7.18. The Hall–Kier alpha value is -2.71. The van der Waals surface area contributed by atoms with Gasteiger partial charge >= 0.3 is 0 Å². The number of nitrogens with zero attached hydrogens (tertiary/aromatic N) is 2. The first-order chi connectivity index (χ1) is 13.8. The molecule has 0 unspecified atom stereocenters. The minimum atomic E-state index is -3.71. The zero-order valence-corrected chi connectivity index (χ0v) is 17.8. The van der Waals surface area contributed by atoms with E-state index in [1.54, 1.807) is 29.6 Å². The van der Waals surface area contributed by atoms with Crippen molar-refractivity contribution in [3.05, 3.63) is 70.7 Å². The molecule has 1 N–H and O–H groups in total. The predicted octanol–water partition coefficient (Wildman–Crippen LogP) is 3.77. The second kappa shape index (κ2) is 7.61. The summed E-state index contributed by atoms with van der Waals surface area (Å²) in [7, 11) is -3.71. The molecule has 1 atom stereocenters. The maximum atomic E-state index is 12.9. The molecule has 0 bridgehead atoms. The highest BCUT2D eigenvalue weighted by Crippen LogP contribution is 2.32. The molecule has 29 heavy (non-hydrogen) atoms. The normalized spacial score (nSPS) is 15.9. The molecule has 1 aromatic heterocycles. The van der Waals surface area contributed by atoms with Gasteiger partial charge in [0.1, 0.15) is 0 Å². The Morgan fingerprint density at radius 3 is 2.69 bits per heavy atom. The molecular weight excluding hydrogens is 406 g/mol. The molecule has 0 spiro atoms. The van der Waals surface area contributed by atoms with Crippen molar-refractivity contribution in [3.63, 3.8) is 0 Å². The molecule has 0 radical (unpaired) electrons. The fourth-order valence-corrected chi connectivity index (χ4v) is 5.48. The molecule has 0 saturated heterocycles. The number of sulfonamides is 1. The van der Waals surface area contributed by atoms with Gasteiger partial charge in [-0.2, -0.15) is 0 Å². The van der Waals surface area contributed by atoms with Gasteiger partial charge in [-0.05, 0) is 44.0 Å². The molecule has 0 fully saturated rings. The Balaban J connectivity index is 1.47. The van der Waals surface area contributed by atoms with Crippen LogP contribution in [0, 0.1) is 6.92 Å². The predicted molar refractivity (Wildman–Crippen MR) is 115 cm³/mol. The van der Waals surface area contributed by atoms with Crippen molar-refractivity contribution in [2.75, 3.05) is 9.62 Å². The molecule has 1 aliphatic heterocycles. The molecule has 3 aromatic rings. The van der Waals surface area contributed by atoms with Crippen LogP contribution in [0.4, 0.5) is 10.8 Å². The highest BCUT2D eigenvalue weighted by molar-refractivity contribution is 7.93. The van der Waals surface area contributed by atoms with Gasteiger partial charge in [-0.3, -0.25) is 9.52 Å². The van der Waals surface area contributed by atoms with Gasteiger partial charge in [0.05, 0.1) is 17.0 Å². The van der Waals surface area contributed by atoms with Crippen LogP contribution in [0.25, 0.3) is 0 Å². The van der Waals surface area contributed by atoms with E-state index >= 15 is 0 Å². The van der Waals surface area contributed by atoms with Crippen LogP contribution in [0.5, 0.6) is 0 Å². The lowest BCUT2D eigenvalue weighted by Crippen LogP contribution is -2.36. The van der Waals surface area contributed by atoms with E-state index in [0.29, 0.717) is 5.69 Å². The van der Waals surface area contributed by atoms with E-state index in [9.17, 15) is 13.2 Å². The summed E-state index contributed by atoms with van der Waals surface area (Å²) >= 11 is 1.17. The molecule has 4 rings (SSSR count). The summed E-state index contributed by atoms with van der Waals surface area (Å²) in [6.07, 6.45) is 0.960. The first-order valence-electron chi connectivity index (χ1n) is 9.27. The molecule has 2 aromatic carbocycles. The van der Waals surface area contributed by atoms with Crippen LogP contribution in [0.3, 0.4) is 0 Å². The molecule has 8 heteroatoms. The van der Waals surface area contributed by atoms with Gasteiger partial charge in [-0.25, -0.2) is 13.4 Å². The monoisotopic (exact) mass is 427 g/mol. The first-order valence-corrected chi connectivity index (χ1v) is 11.6. The number of aromatic nitrogens is 1. The molecule has 150 valence electrons. The molecule has 1 amide bonds. The van der Waals surface area contributed by atoms with E-state index in [2.05, 4.69) is 9.71 Å². The standard InChI is InChI=1S/C21H21N3O3S2/c1-14-7-9-18(10-8-14)29(26,27)23-21-22-17(13-28-21)12-20(25)24-15(2)11-16-5-3-4-6-19(16)24/h3-10,13,15H,11-12H2,1-2H3,(H,22,23)/t15-/m0/s1. The Morgan fingerprint density at radius 1 is 1.21 bits per heavy atom. The zero-order chi connectivity index (χ0) is 20.6. The van der Waals surface area contributed by atoms with Crippen LogP contribution in [0.2, 0.25) is 0 Å². The van der Waals surface area contributed by atoms with E-state index in [0.717, 1.165) is 23.2 Å². The number of hydrogen-bond donors (Lipinski definition) is 1. The van der Waals surface area contributed by atoms with Gasteiger partial charge in [0.25, 0.3) is 10.0 Å². The third-order valence-electron chi connectivity index (χ3n) is 4.91. The number of thiazole rings is 1. The lowest BCUT2D eigenvalue weighted by Gasteiger charge is -2.22. The lowest BCUT2D eigenvalue weighted by molar-refractivity contribution is -0.118. The summed E-state index contributed by atoms with van der Waals surface area (Å²) in [6.45, 7) is 3.92. The smallest absolute Gasteiger partial charge is 0.263 e. The van der Waals surface area contributed by atoms with Gasteiger partial charge in [0, 0.05) is 17.1 Å². The second-order valence-corrected chi connectivity index (χ2v) is 9.73. The average molecular weight is 428 g/mol. The van der Waals surface area contributed by atoms with Gasteiger partial charge in [0.2, 0.25) is 5.91 Å². The number of fused-ring (bicyclic) bond motifs is 1. The summed E-state index contributed by atoms with van der Waals surface area (Å²) in [6, 6.07) is 14.6. The van der Waals surface area contributed by atoms with Crippen LogP contribution in [0.1, 0.15) is 23.7 Å². The number of anilines is 2. The van der Waals surface area contributed by atoms with Crippen molar-refractivity contribution >= 4 is 38.1 Å². The number of carbonyl (C=O) groups is 1. The molecular formula is C21H21N3O3S2. The van der Waals surface area contributed by atoms with E-state index in [1.165, 1.54) is 11.3 Å². The summed E-state index contributed by atoms with van der Waals surface area (Å²) in [4.78, 5) is 19.2. The molecule has 1 aliphatic rings. The fraction of sp³-hybridized carbons (Fsp3) is 0.238. The molecule has 0 aliphatic carbocycles. The summed E-state index contributed by atoms with van der Waals surface area (Å²) in [5.74, 6) is -0.0410. The van der Waals surface area contributed by atoms with E-state index in [1.807, 2.05) is 43.0 Å². The molecule has 2 heterocycles. The Morgan fingerprint density at radius 2 is 1.93 bits per heavy atom. The maximum absolute atomic E-state index is 12.9. The van der Waals surface area contributed by atoms with Crippen LogP contribution in [-0.4, -0.2) is 25.4 Å². The van der Waals surface area contributed by atoms with Gasteiger partial charge in [-0.15, -0.1) is 11.3 Å². The Kier molecular flexibility index (Phi) is 5.14. The minimum absolute atomic E-state index is 0.0410. The number of carbonyl (C=O) groups excluding carboxylic acids is 1. The SMILES string of the molecule is Cc1ccc(S(=O)(=O)Nc2nc(CC(=O)N3c4ccccc4C[C@@H]3C)cs2)cc1. The first kappa shape index (κ1) is 19.6. The largest absolute Gasteiger partial charge is 0.309 e. The lowest BCUT2D eigenvalue weighted by atomic mass is 10.1. The summed E-state index contributed by atoms with van der Waals surface area (Å²) in [5.41, 5.74) is 3.65. The third-order valence-corrected chi connectivity index (χ3v) is 7.20. The van der Waals surface area contributed by atoms with E-state index < -0.39 is 10.0 Å². The highest BCUT2D eigenvalue weighted by atomic mass is 32.2. The molecule has 0 saturated carbocycles. The minimum Gasteiger partial charge on any atom is -0.309 e. The number of aryl methyl sites for hydroxylation is 1. The van der Waals surface area contributed by atoms with Crippen molar-refractivity contribution in [3.8, 4) is 0 Å².